The molecule has 1 fully saturated rings. The highest BCUT2D eigenvalue weighted by molar-refractivity contribution is 9.09. The average molecular weight is 309 g/mol. The second-order valence-electron chi connectivity index (χ2n) is 2.86. The van der Waals surface area contributed by atoms with Gasteiger partial charge in [0, 0.05) is 37.6 Å². The van der Waals surface area contributed by atoms with Gasteiger partial charge in [0.1, 0.15) is 0 Å². The Bertz CT molecular complexity index is 667. The Balaban J connectivity index is 3.47. The molecule has 0 aromatic carbocycles. The molecule has 1 aliphatic heterocycles. The first-order valence-electron chi connectivity index (χ1n) is 12.8. The molecule has 1 atom stereocenters. The fourth-order valence-electron chi connectivity index (χ4n) is 1.07. The van der Waals surface area contributed by atoms with Gasteiger partial charge in [0.25, 0.3) is 0 Å². The normalized spacial score (nSPS) is 43.2. The molecule has 1 rings (SSSR count). The summed E-state index contributed by atoms with van der Waals surface area (Å²) in [5.74, 6) is 0. The van der Waals surface area contributed by atoms with Crippen molar-refractivity contribution in [2.45, 2.75) is 63.8 Å². The van der Waals surface area contributed by atoms with E-state index in [2.05, 4.69) is 15.9 Å². The van der Waals surface area contributed by atoms with Crippen LogP contribution < -0.4 is 0 Å². The zero-order valence-electron chi connectivity index (χ0n) is 24.6. The van der Waals surface area contributed by atoms with Crippen molar-refractivity contribution in [1.82, 2.24) is 0 Å². The van der Waals surface area contributed by atoms with E-state index in [0.717, 1.165) is 0 Å². The zero-order valence-corrected chi connectivity index (χ0v) is 10.2. The smallest absolute Gasteiger partial charge is 0.157 e. The minimum Gasteiger partial charge on any atom is -0.353 e. The van der Waals surface area contributed by atoms with Crippen molar-refractivity contribution in [3.63, 3.8) is 0 Å². The predicted molar refractivity (Wildman–Crippen MR) is 71.0 cm³/mol. The predicted octanol–water partition coefficient (Wildman–Crippen LogP) is 4.27. The molecule has 0 aromatic rings. The highest BCUT2D eigenvalue weighted by atomic mass is 79.9. The summed E-state index contributed by atoms with van der Waals surface area (Å²) in [5.41, 5.74) is 0. The molecule has 1 unspecified atom stereocenters. The lowest BCUT2D eigenvalue weighted by atomic mass is 10.1. The van der Waals surface area contributed by atoms with Crippen molar-refractivity contribution in [2.75, 3.05) is 18.4 Å². The molecule has 1 saturated heterocycles. The van der Waals surface area contributed by atoms with Crippen molar-refractivity contribution in [3.8, 4) is 0 Å². The van der Waals surface area contributed by atoms with Crippen LogP contribution in [0.15, 0.2) is 0 Å². The molecule has 96 valence electrons. The van der Waals surface area contributed by atoms with Gasteiger partial charge in [0.05, 0.1) is 2.74 Å². The van der Waals surface area contributed by atoms with Gasteiger partial charge < -0.3 is 9.47 Å². The van der Waals surface area contributed by atoms with Gasteiger partial charge in [-0.15, -0.1) is 0 Å². The Labute approximate surface area is 131 Å². The van der Waals surface area contributed by atoms with E-state index in [4.69, 9.17) is 31.4 Å². The molecule has 0 N–H and O–H groups in total. The molecule has 0 aromatic heterocycles. The number of halogens is 1. The lowest BCUT2D eigenvalue weighted by Gasteiger charge is -2.22. The maximum absolute atomic E-state index is 8.02. The first kappa shape index (κ1) is 3.71. The van der Waals surface area contributed by atoms with Crippen LogP contribution in [0.3, 0.4) is 0 Å². The Morgan fingerprint density at radius 1 is 1.12 bits per heavy atom. The van der Waals surface area contributed by atoms with Crippen LogP contribution in [0, 0.1) is 0 Å². The van der Waals surface area contributed by atoms with Crippen LogP contribution in [-0.4, -0.2) is 24.7 Å². The maximum atomic E-state index is 8.02. The Morgan fingerprint density at radius 3 is 2.56 bits per heavy atom. The topological polar surface area (TPSA) is 18.5 Å². The van der Waals surface area contributed by atoms with E-state index in [1.165, 1.54) is 0 Å². The third kappa shape index (κ3) is 7.64. The molecule has 16 heavy (non-hydrogen) atoms. The third-order valence-corrected chi connectivity index (χ3v) is 1.94. The first-order valence-corrected chi connectivity index (χ1v) is 5.60. The average Bonchev–Trinajstić information content (AvgIpc) is 2.60. The molecule has 0 saturated carbocycles. The molecule has 3 heteroatoms. The number of hydrogen-bond acceptors (Lipinski definition) is 2. The Morgan fingerprint density at radius 2 is 1.88 bits per heavy atom. The maximum Gasteiger partial charge on any atom is 0.157 e. The molecule has 1 aliphatic rings. The first-order chi connectivity index (χ1) is 13.8. The summed E-state index contributed by atoms with van der Waals surface area (Å²) in [6.07, 6.45) is -24.3. The van der Waals surface area contributed by atoms with E-state index in [1.807, 2.05) is 0 Å². The van der Waals surface area contributed by atoms with E-state index in [0.29, 0.717) is 12.8 Å². The van der Waals surface area contributed by atoms with Gasteiger partial charge >= 0.3 is 0 Å². The van der Waals surface area contributed by atoms with Crippen LogP contribution in [0.25, 0.3) is 0 Å². The highest BCUT2D eigenvalue weighted by Crippen LogP contribution is 2.14. The zero-order chi connectivity index (χ0) is 25.8. The monoisotopic (exact) mass is 308 g/mol. The summed E-state index contributed by atoms with van der Waals surface area (Å²) >= 11 is 2.24. The summed E-state index contributed by atoms with van der Waals surface area (Å²) in [4.78, 5) is 0. The van der Waals surface area contributed by atoms with Gasteiger partial charge in [-0.1, -0.05) is 41.4 Å². The summed E-state index contributed by atoms with van der Waals surface area (Å²) in [6, 6.07) is 0. The van der Waals surface area contributed by atoms with E-state index < -0.39 is 56.4 Å². The van der Waals surface area contributed by atoms with Gasteiger partial charge in [-0.3, -0.25) is 0 Å². The van der Waals surface area contributed by atoms with Gasteiger partial charge in [0.15, 0.2) is 6.29 Å². The molecule has 0 radical (unpaired) electrons. The summed E-state index contributed by atoms with van der Waals surface area (Å²) in [7, 11) is 0. The molecule has 1 heterocycles. The summed E-state index contributed by atoms with van der Waals surface area (Å²) in [6.45, 7) is -3.40. The second-order valence-corrected chi connectivity index (χ2v) is 3.26. The van der Waals surface area contributed by atoms with E-state index in [-0.39, 0.29) is 13.0 Å². The van der Waals surface area contributed by atoms with Crippen molar-refractivity contribution in [2.24, 2.45) is 0 Å². The van der Waals surface area contributed by atoms with Gasteiger partial charge in [0.2, 0.25) is 0 Å². The summed E-state index contributed by atoms with van der Waals surface area (Å²) in [5, 5.41) is -3.23. The van der Waals surface area contributed by atoms with Crippen LogP contribution in [0.2, 0.25) is 0 Å². The number of hydrogen-bond donors (Lipinski definition) is 0. The molecule has 0 amide bonds. The Hall–Kier alpha value is 0.400. The van der Waals surface area contributed by atoms with Crippen molar-refractivity contribution in [3.05, 3.63) is 0 Å². The van der Waals surface area contributed by atoms with E-state index in [1.54, 1.807) is 0 Å². The highest BCUT2D eigenvalue weighted by Gasteiger charge is 2.12. The van der Waals surface area contributed by atoms with Crippen LogP contribution >= 0.6 is 15.9 Å². The standard InChI is InChI=1S/C13H25BrO2/c14-10-6-3-1-2-4-7-11-15-13-9-5-8-12-16-13/h13H,1-12H2/i1D2,2D2,3D2,4D2,6D2,7D2,10D2,11D2. The quantitative estimate of drug-likeness (QED) is 0.592. The lowest BCUT2D eigenvalue weighted by Crippen LogP contribution is -2.22. The number of alkyl halides is 1. The largest absolute Gasteiger partial charge is 0.353 e. The fourth-order valence-corrected chi connectivity index (χ4v) is 1.17. The SMILES string of the molecule is [2H]C([2H])(Br)C([2H])([2H])C([2H])([2H])C([2H])([2H])C([2H])([2H])C([2H])([2H])C([2H])([2H])C([2H])([2H])OC1CCCCO1. The molecule has 0 spiro atoms. The van der Waals surface area contributed by atoms with Gasteiger partial charge in [-0.25, -0.2) is 0 Å². The Kier molecular flexibility index (Phi) is 2.44. The number of ether oxygens (including phenoxy) is 2. The number of rotatable bonds is 9. The van der Waals surface area contributed by atoms with Gasteiger partial charge in [-0.05, 0) is 32.0 Å². The van der Waals surface area contributed by atoms with Crippen LogP contribution in [0.4, 0.5) is 0 Å². The molecule has 0 aliphatic carbocycles. The lowest BCUT2D eigenvalue weighted by molar-refractivity contribution is -0.162. The van der Waals surface area contributed by atoms with Crippen LogP contribution in [0.5, 0.6) is 0 Å². The van der Waals surface area contributed by atoms with Crippen LogP contribution in [0.1, 0.15) is 79.4 Å². The molecule has 0 bridgehead atoms. The summed E-state index contributed by atoms with van der Waals surface area (Å²) < 4.78 is 136. The van der Waals surface area contributed by atoms with E-state index in [9.17, 15) is 0 Å². The molecular weight excluding hydrogens is 268 g/mol. The molecule has 2 nitrogen and oxygen atoms in total. The third-order valence-electron chi connectivity index (χ3n) is 1.74. The minimum atomic E-state index is -4.23. The fraction of sp³-hybridized carbons (Fsp3) is 1.00. The minimum absolute atomic E-state index is 0.148. The van der Waals surface area contributed by atoms with Crippen molar-refractivity contribution < 1.29 is 31.4 Å². The second kappa shape index (κ2) is 10.5. The van der Waals surface area contributed by atoms with Gasteiger partial charge in [-0.2, -0.15) is 0 Å². The van der Waals surface area contributed by atoms with E-state index >= 15 is 0 Å². The van der Waals surface area contributed by atoms with Crippen LogP contribution in [-0.2, 0) is 9.47 Å². The molecular formula is C13H25BrO2. The van der Waals surface area contributed by atoms with Crippen molar-refractivity contribution in [1.29, 1.82) is 0 Å². The van der Waals surface area contributed by atoms with Crippen molar-refractivity contribution >= 4 is 15.9 Å².